The van der Waals surface area contributed by atoms with E-state index in [1.54, 1.807) is 0 Å². The molecule has 196 valence electrons. The molecule has 0 amide bonds. The molecule has 42 heavy (non-hydrogen) atoms. The van der Waals surface area contributed by atoms with Crippen molar-refractivity contribution < 1.29 is 0 Å². The Kier molecular flexibility index (Phi) is 6.12. The molecule has 0 aliphatic carbocycles. The summed E-state index contributed by atoms with van der Waals surface area (Å²) in [6, 6.07) is 52.1. The van der Waals surface area contributed by atoms with Crippen LogP contribution < -0.4 is 16.4 Å². The highest BCUT2D eigenvalue weighted by atomic mass is 32.1. The zero-order valence-electron chi connectivity index (χ0n) is 22.8. The Morgan fingerprint density at radius 2 is 1.12 bits per heavy atom. The van der Waals surface area contributed by atoms with Crippen LogP contribution >= 0.6 is 11.3 Å². The maximum atomic E-state index is 5.13. The van der Waals surface area contributed by atoms with Crippen LogP contribution in [0.25, 0.3) is 53.6 Å². The number of thiophene rings is 1. The zero-order chi connectivity index (χ0) is 27.9. The third-order valence-electron chi connectivity index (χ3n) is 8.04. The van der Waals surface area contributed by atoms with Gasteiger partial charge in [0.2, 0.25) is 6.71 Å². The summed E-state index contributed by atoms with van der Waals surface area (Å²) in [5, 5.41) is 3.60. The molecule has 8 rings (SSSR count). The second-order valence-electron chi connectivity index (χ2n) is 10.6. The normalized spacial score (nSPS) is 11.3. The highest BCUT2D eigenvalue weighted by Gasteiger charge is 2.22. The van der Waals surface area contributed by atoms with Gasteiger partial charge in [-0.05, 0) is 35.4 Å². The lowest BCUT2D eigenvalue weighted by Crippen LogP contribution is -2.51. The van der Waals surface area contributed by atoms with E-state index in [1.807, 2.05) is 23.6 Å². The molecule has 0 aliphatic rings. The smallest absolute Gasteiger partial charge is 0.237 e. The van der Waals surface area contributed by atoms with Gasteiger partial charge in [0.1, 0.15) is 0 Å². The SMILES string of the molecule is c1ccc(B(c2ccccc2)c2cccc(-c3cccc(-c4nc5ncccc5c5c4sc4ccccc45)c3)c2)cc1. The molecular formula is C38H25BN2S. The maximum absolute atomic E-state index is 5.13. The highest BCUT2D eigenvalue weighted by Crippen LogP contribution is 2.42. The van der Waals surface area contributed by atoms with E-state index >= 15 is 0 Å². The van der Waals surface area contributed by atoms with Gasteiger partial charge in [-0.2, -0.15) is 0 Å². The largest absolute Gasteiger partial charge is 0.241 e. The van der Waals surface area contributed by atoms with E-state index in [1.165, 1.54) is 47.7 Å². The molecule has 0 saturated heterocycles. The predicted molar refractivity (Wildman–Crippen MR) is 181 cm³/mol. The quantitative estimate of drug-likeness (QED) is 0.203. The zero-order valence-corrected chi connectivity index (χ0v) is 23.6. The highest BCUT2D eigenvalue weighted by molar-refractivity contribution is 7.26. The Labute approximate surface area is 249 Å². The molecule has 0 spiro atoms. The van der Waals surface area contributed by atoms with Crippen molar-refractivity contribution in [1.82, 2.24) is 9.97 Å². The van der Waals surface area contributed by atoms with Crippen LogP contribution in [0.3, 0.4) is 0 Å². The molecule has 8 aromatic rings. The first kappa shape index (κ1) is 24.7. The van der Waals surface area contributed by atoms with Gasteiger partial charge in [0.05, 0.1) is 10.4 Å². The third-order valence-corrected chi connectivity index (χ3v) is 9.22. The van der Waals surface area contributed by atoms with Crippen molar-refractivity contribution in [3.63, 3.8) is 0 Å². The molecule has 0 saturated carbocycles. The van der Waals surface area contributed by atoms with Crippen LogP contribution in [-0.4, -0.2) is 16.7 Å². The monoisotopic (exact) mass is 552 g/mol. The van der Waals surface area contributed by atoms with Crippen molar-refractivity contribution >= 4 is 65.6 Å². The van der Waals surface area contributed by atoms with E-state index in [9.17, 15) is 0 Å². The van der Waals surface area contributed by atoms with E-state index in [-0.39, 0.29) is 6.71 Å². The van der Waals surface area contributed by atoms with Crippen LogP contribution in [0.4, 0.5) is 0 Å². The number of pyridine rings is 2. The Hall–Kier alpha value is -5.06. The molecule has 0 atom stereocenters. The summed E-state index contributed by atoms with van der Waals surface area (Å²) in [4.78, 5) is 9.79. The molecule has 0 unspecified atom stereocenters. The van der Waals surface area contributed by atoms with Crippen LogP contribution in [0, 0.1) is 0 Å². The van der Waals surface area contributed by atoms with Gasteiger partial charge in [-0.25, -0.2) is 9.97 Å². The minimum absolute atomic E-state index is 0.155. The molecule has 4 heteroatoms. The molecule has 2 nitrogen and oxygen atoms in total. The Morgan fingerprint density at radius 3 is 1.90 bits per heavy atom. The average Bonchev–Trinajstić information content (AvgIpc) is 3.46. The third kappa shape index (κ3) is 4.28. The molecular weight excluding hydrogens is 527 g/mol. The van der Waals surface area contributed by atoms with Crippen LogP contribution in [0.15, 0.2) is 152 Å². The van der Waals surface area contributed by atoms with Crippen molar-refractivity contribution in [2.24, 2.45) is 0 Å². The van der Waals surface area contributed by atoms with E-state index in [0.29, 0.717) is 0 Å². The molecule has 3 heterocycles. The second-order valence-corrected chi connectivity index (χ2v) is 11.7. The molecule has 0 radical (unpaired) electrons. The molecule has 0 aliphatic heterocycles. The van der Waals surface area contributed by atoms with Crippen LogP contribution in [0.5, 0.6) is 0 Å². The van der Waals surface area contributed by atoms with Crippen LogP contribution in [0.2, 0.25) is 0 Å². The Balaban J connectivity index is 1.28. The van der Waals surface area contributed by atoms with Crippen molar-refractivity contribution in [3.05, 3.63) is 152 Å². The molecule has 0 bridgehead atoms. The summed E-state index contributed by atoms with van der Waals surface area (Å²) in [6.45, 7) is 0.155. The first-order valence-corrected chi connectivity index (χ1v) is 15.0. The summed E-state index contributed by atoms with van der Waals surface area (Å²) in [5.74, 6) is 0. The number of hydrogen-bond acceptors (Lipinski definition) is 3. The molecule has 3 aromatic heterocycles. The number of nitrogens with zero attached hydrogens (tertiary/aromatic N) is 2. The fourth-order valence-electron chi connectivity index (χ4n) is 6.13. The first-order chi connectivity index (χ1) is 20.8. The number of fused-ring (bicyclic) bond motifs is 5. The number of benzene rings is 5. The van der Waals surface area contributed by atoms with Gasteiger partial charge < -0.3 is 0 Å². The van der Waals surface area contributed by atoms with Gasteiger partial charge in [0, 0.05) is 32.6 Å². The fraction of sp³-hybridized carbons (Fsp3) is 0. The second kappa shape index (κ2) is 10.4. The van der Waals surface area contributed by atoms with Crippen molar-refractivity contribution in [3.8, 4) is 22.4 Å². The lowest BCUT2D eigenvalue weighted by atomic mass is 9.37. The van der Waals surface area contributed by atoms with Gasteiger partial charge in [-0.15, -0.1) is 11.3 Å². The standard InChI is InChI=1S/C38H25BN2S/c1-3-15-29(16-4-1)39(30-17-5-2-6-18-30)31-19-10-13-27(25-31)26-12-9-14-28(24-26)36-37-35(32-20-7-8-22-34(32)42-37)33-21-11-23-40-38(33)41-36/h1-25H. The number of rotatable bonds is 5. The van der Waals surface area contributed by atoms with Crippen LogP contribution in [0.1, 0.15) is 0 Å². The van der Waals surface area contributed by atoms with E-state index in [2.05, 4.69) is 145 Å². The molecule has 0 N–H and O–H groups in total. The van der Waals surface area contributed by atoms with Crippen LogP contribution in [-0.2, 0) is 0 Å². The van der Waals surface area contributed by atoms with Gasteiger partial charge in [-0.1, -0.05) is 138 Å². The lowest BCUT2D eigenvalue weighted by molar-refractivity contribution is 1.31. The molecule has 0 fully saturated rings. The van der Waals surface area contributed by atoms with Gasteiger partial charge in [0.15, 0.2) is 5.65 Å². The minimum Gasteiger partial charge on any atom is -0.237 e. The van der Waals surface area contributed by atoms with E-state index < -0.39 is 0 Å². The number of aromatic nitrogens is 2. The topological polar surface area (TPSA) is 25.8 Å². The average molecular weight is 553 g/mol. The minimum atomic E-state index is 0.155. The molecule has 5 aromatic carbocycles. The van der Waals surface area contributed by atoms with E-state index in [4.69, 9.17) is 4.98 Å². The predicted octanol–water partition coefficient (Wildman–Crippen LogP) is 7.85. The lowest BCUT2D eigenvalue weighted by Gasteiger charge is -2.17. The number of hydrogen-bond donors (Lipinski definition) is 0. The summed E-state index contributed by atoms with van der Waals surface area (Å²) >= 11 is 1.81. The Morgan fingerprint density at radius 1 is 0.500 bits per heavy atom. The van der Waals surface area contributed by atoms with Gasteiger partial charge in [-0.3, -0.25) is 0 Å². The summed E-state index contributed by atoms with van der Waals surface area (Å²) in [6.07, 6.45) is 1.83. The van der Waals surface area contributed by atoms with Gasteiger partial charge in [0.25, 0.3) is 0 Å². The summed E-state index contributed by atoms with van der Waals surface area (Å²) < 4.78 is 2.47. The van der Waals surface area contributed by atoms with Crippen molar-refractivity contribution in [1.29, 1.82) is 0 Å². The first-order valence-electron chi connectivity index (χ1n) is 14.2. The van der Waals surface area contributed by atoms with E-state index in [0.717, 1.165) is 22.3 Å². The summed E-state index contributed by atoms with van der Waals surface area (Å²) in [5.41, 5.74) is 9.08. The van der Waals surface area contributed by atoms with Crippen molar-refractivity contribution in [2.75, 3.05) is 0 Å². The summed E-state index contributed by atoms with van der Waals surface area (Å²) in [7, 11) is 0. The maximum Gasteiger partial charge on any atom is 0.241 e. The fourth-order valence-corrected chi connectivity index (χ4v) is 7.35. The van der Waals surface area contributed by atoms with Crippen molar-refractivity contribution in [2.45, 2.75) is 0 Å². The van der Waals surface area contributed by atoms with Gasteiger partial charge >= 0.3 is 0 Å². The Bertz CT molecular complexity index is 2170.